The number of benzene rings is 2. The van der Waals surface area contributed by atoms with Crippen molar-refractivity contribution < 1.29 is 22.1 Å². The van der Waals surface area contributed by atoms with Crippen molar-refractivity contribution in [2.24, 2.45) is 5.92 Å². The molecule has 1 aliphatic rings. The average Bonchev–Trinajstić information content (AvgIpc) is 3.22. The maximum Gasteiger partial charge on any atom is 0.248 e. The predicted molar refractivity (Wildman–Crippen MR) is 133 cm³/mol. The van der Waals surface area contributed by atoms with Crippen molar-refractivity contribution in [1.82, 2.24) is 9.46 Å². The number of sulfonamides is 1. The van der Waals surface area contributed by atoms with Gasteiger partial charge in [0.2, 0.25) is 15.9 Å². The Hall–Kier alpha value is -3.01. The van der Waals surface area contributed by atoms with Gasteiger partial charge in [-0.15, -0.1) is 0 Å². The quantitative estimate of drug-likeness (QED) is 0.479. The molecular formula is C25H25ClFN3O4S. The van der Waals surface area contributed by atoms with Crippen LogP contribution in [0.25, 0.3) is 12.2 Å². The van der Waals surface area contributed by atoms with E-state index in [1.807, 2.05) is 31.2 Å². The van der Waals surface area contributed by atoms with Gasteiger partial charge in [-0.05, 0) is 56.5 Å². The summed E-state index contributed by atoms with van der Waals surface area (Å²) in [6.07, 6.45) is 4.39. The van der Waals surface area contributed by atoms with Crippen molar-refractivity contribution in [1.29, 1.82) is 0 Å². The van der Waals surface area contributed by atoms with Crippen molar-refractivity contribution in [2.45, 2.75) is 31.6 Å². The van der Waals surface area contributed by atoms with Gasteiger partial charge in [0.05, 0.1) is 10.9 Å². The number of anilines is 1. The first-order valence-corrected chi connectivity index (χ1v) is 12.9. The third-order valence-corrected chi connectivity index (χ3v) is 8.19. The van der Waals surface area contributed by atoms with Crippen LogP contribution in [0.15, 0.2) is 51.9 Å². The summed E-state index contributed by atoms with van der Waals surface area (Å²) in [7, 11) is -3.97. The number of amides is 1. The molecule has 1 fully saturated rings. The lowest BCUT2D eigenvalue weighted by atomic mass is 9.99. The van der Waals surface area contributed by atoms with Gasteiger partial charge in [-0.1, -0.05) is 52.7 Å². The van der Waals surface area contributed by atoms with Gasteiger partial charge in [0.1, 0.15) is 11.5 Å². The van der Waals surface area contributed by atoms with Gasteiger partial charge >= 0.3 is 0 Å². The van der Waals surface area contributed by atoms with Crippen LogP contribution in [-0.2, 0) is 14.8 Å². The summed E-state index contributed by atoms with van der Waals surface area (Å²) in [5, 5.41) is 6.47. The van der Waals surface area contributed by atoms with Crippen LogP contribution in [0.3, 0.4) is 0 Å². The van der Waals surface area contributed by atoms with Crippen LogP contribution in [0.4, 0.5) is 10.1 Å². The fraction of sp³-hybridized carbons (Fsp3) is 0.280. The molecule has 0 aliphatic carbocycles. The number of nitrogens with one attached hydrogen (secondary N) is 1. The van der Waals surface area contributed by atoms with Gasteiger partial charge in [0, 0.05) is 18.8 Å². The van der Waals surface area contributed by atoms with Crippen LogP contribution in [0.1, 0.15) is 35.4 Å². The average molecular weight is 518 g/mol. The van der Waals surface area contributed by atoms with Gasteiger partial charge in [-0.25, -0.2) is 12.8 Å². The molecule has 0 bridgehead atoms. The highest BCUT2D eigenvalue weighted by Gasteiger charge is 2.37. The summed E-state index contributed by atoms with van der Waals surface area (Å²) in [5.41, 5.74) is 2.61. The van der Waals surface area contributed by atoms with E-state index in [9.17, 15) is 17.6 Å². The third kappa shape index (κ3) is 5.63. The molecule has 1 N–H and O–H groups in total. The first-order valence-electron chi connectivity index (χ1n) is 11.1. The molecule has 0 radical (unpaired) electrons. The molecule has 4 rings (SSSR count). The molecule has 1 atom stereocenters. The van der Waals surface area contributed by atoms with E-state index in [0.717, 1.165) is 17.2 Å². The molecular weight excluding hydrogens is 493 g/mol. The molecule has 0 saturated carbocycles. The molecule has 10 heteroatoms. The minimum absolute atomic E-state index is 0.00719. The van der Waals surface area contributed by atoms with Crippen LogP contribution in [0, 0.1) is 25.6 Å². The van der Waals surface area contributed by atoms with E-state index in [2.05, 4.69) is 10.5 Å². The zero-order valence-corrected chi connectivity index (χ0v) is 20.9. The van der Waals surface area contributed by atoms with E-state index in [-0.39, 0.29) is 40.4 Å². The summed E-state index contributed by atoms with van der Waals surface area (Å²) in [6.45, 7) is 3.85. The van der Waals surface area contributed by atoms with Crippen molar-refractivity contribution in [3.05, 3.63) is 75.9 Å². The fourth-order valence-electron chi connectivity index (χ4n) is 3.97. The Kier molecular flexibility index (Phi) is 7.39. The minimum atomic E-state index is -3.97. The number of aromatic nitrogens is 1. The lowest BCUT2D eigenvalue weighted by molar-refractivity contribution is -0.120. The number of hydrogen-bond donors (Lipinski definition) is 1. The normalized spacial score (nSPS) is 17.1. The first-order chi connectivity index (χ1) is 16.6. The summed E-state index contributed by atoms with van der Waals surface area (Å²) in [4.78, 5) is 12.8. The lowest BCUT2D eigenvalue weighted by Crippen LogP contribution is -2.43. The number of hydrogen-bond acceptors (Lipinski definition) is 5. The topological polar surface area (TPSA) is 92.5 Å². The number of rotatable bonds is 6. The van der Waals surface area contributed by atoms with E-state index in [4.69, 9.17) is 16.1 Å². The van der Waals surface area contributed by atoms with Crippen molar-refractivity contribution in [3.8, 4) is 0 Å². The van der Waals surface area contributed by atoms with E-state index < -0.39 is 21.8 Å². The molecule has 1 amide bonds. The Morgan fingerprint density at radius 3 is 2.66 bits per heavy atom. The standard InChI is InChI=1S/C25H25ClFN3O4S/c1-16-5-7-18(8-6-16)9-12-23-24(17(2)29-34-23)35(32,33)30-13-3-4-19(15-30)25(31)28-20-10-11-22(27)21(26)14-20/h5-12,14,19H,3-4,13,15H2,1-2H3,(H,28,31). The number of carbonyl (C=O) groups excluding carboxylic acids is 1. The van der Waals surface area contributed by atoms with Crippen LogP contribution in [-0.4, -0.2) is 36.9 Å². The Bertz CT molecular complexity index is 1370. The second-order valence-corrected chi connectivity index (χ2v) is 10.8. The largest absolute Gasteiger partial charge is 0.355 e. The summed E-state index contributed by atoms with van der Waals surface area (Å²) in [5.74, 6) is -1.38. The lowest BCUT2D eigenvalue weighted by Gasteiger charge is -2.31. The molecule has 1 aliphatic heterocycles. The van der Waals surface area contributed by atoms with Gasteiger partial charge in [-0.2, -0.15) is 4.31 Å². The molecule has 35 heavy (non-hydrogen) atoms. The fourth-order valence-corrected chi connectivity index (χ4v) is 5.92. The molecule has 1 unspecified atom stereocenters. The number of aryl methyl sites for hydroxylation is 2. The maximum atomic E-state index is 13.6. The zero-order valence-electron chi connectivity index (χ0n) is 19.3. The monoisotopic (exact) mass is 517 g/mol. The van der Waals surface area contributed by atoms with Gasteiger partial charge in [0.25, 0.3) is 0 Å². The summed E-state index contributed by atoms with van der Waals surface area (Å²) in [6, 6.07) is 11.7. The summed E-state index contributed by atoms with van der Waals surface area (Å²) >= 11 is 5.79. The molecule has 2 heterocycles. The Morgan fingerprint density at radius 2 is 1.94 bits per heavy atom. The second-order valence-electron chi connectivity index (χ2n) is 8.53. The molecule has 184 valence electrons. The van der Waals surface area contributed by atoms with Crippen LogP contribution in [0.5, 0.6) is 0 Å². The Labute approximate surface area is 208 Å². The number of halogens is 2. The molecule has 7 nitrogen and oxygen atoms in total. The molecule has 2 aromatic carbocycles. The maximum absolute atomic E-state index is 13.6. The van der Waals surface area contributed by atoms with E-state index in [1.54, 1.807) is 19.1 Å². The highest BCUT2D eigenvalue weighted by atomic mass is 35.5. The molecule has 1 aromatic heterocycles. The predicted octanol–water partition coefficient (Wildman–Crippen LogP) is 5.29. The Balaban J connectivity index is 1.52. The van der Waals surface area contributed by atoms with E-state index in [0.29, 0.717) is 18.5 Å². The molecule has 3 aromatic rings. The van der Waals surface area contributed by atoms with Gasteiger partial charge in [-0.3, -0.25) is 4.79 Å². The third-order valence-electron chi connectivity index (χ3n) is 5.88. The van der Waals surface area contributed by atoms with Gasteiger partial charge < -0.3 is 9.84 Å². The summed E-state index contributed by atoms with van der Waals surface area (Å²) < 4.78 is 47.1. The van der Waals surface area contributed by atoms with Crippen LogP contribution >= 0.6 is 11.6 Å². The van der Waals surface area contributed by atoms with Gasteiger partial charge in [0.15, 0.2) is 10.7 Å². The zero-order chi connectivity index (χ0) is 25.2. The van der Waals surface area contributed by atoms with Crippen LogP contribution in [0.2, 0.25) is 5.02 Å². The molecule has 1 saturated heterocycles. The van der Waals surface area contributed by atoms with E-state index in [1.165, 1.54) is 16.4 Å². The highest BCUT2D eigenvalue weighted by molar-refractivity contribution is 7.89. The van der Waals surface area contributed by atoms with Crippen LogP contribution < -0.4 is 5.32 Å². The highest BCUT2D eigenvalue weighted by Crippen LogP contribution is 2.30. The second kappa shape index (κ2) is 10.3. The van der Waals surface area contributed by atoms with Crippen molar-refractivity contribution in [3.63, 3.8) is 0 Å². The first kappa shape index (κ1) is 25.1. The minimum Gasteiger partial charge on any atom is -0.355 e. The van der Waals surface area contributed by atoms with E-state index >= 15 is 0 Å². The number of carbonyl (C=O) groups is 1. The van der Waals surface area contributed by atoms with Crippen molar-refractivity contribution in [2.75, 3.05) is 18.4 Å². The van der Waals surface area contributed by atoms with Crippen molar-refractivity contribution >= 4 is 45.4 Å². The SMILES string of the molecule is Cc1ccc(C=Cc2onc(C)c2S(=O)(=O)N2CCCC(C(=O)Nc3ccc(F)c(Cl)c3)C2)cc1. The number of piperidine rings is 1. The smallest absolute Gasteiger partial charge is 0.248 e. The molecule has 0 spiro atoms. The number of nitrogens with zero attached hydrogens (tertiary/aromatic N) is 2. The Morgan fingerprint density at radius 1 is 1.20 bits per heavy atom.